The molecular formula is C15H13ClFN3. The third kappa shape index (κ3) is 2.80. The molecule has 0 amide bonds. The van der Waals surface area contributed by atoms with E-state index < -0.39 is 0 Å². The van der Waals surface area contributed by atoms with Gasteiger partial charge in [0, 0.05) is 13.1 Å². The van der Waals surface area contributed by atoms with Gasteiger partial charge in [0.1, 0.15) is 5.82 Å². The van der Waals surface area contributed by atoms with Crippen molar-refractivity contribution in [1.29, 1.82) is 0 Å². The smallest absolute Gasteiger partial charge is 0.151 e. The number of aromatic nitrogens is 2. The van der Waals surface area contributed by atoms with Crippen LogP contribution in [0.1, 0.15) is 12.0 Å². The fourth-order valence-corrected chi connectivity index (χ4v) is 2.41. The van der Waals surface area contributed by atoms with E-state index in [1.54, 1.807) is 18.2 Å². The van der Waals surface area contributed by atoms with Crippen molar-refractivity contribution in [3.8, 4) is 0 Å². The second-order valence-corrected chi connectivity index (χ2v) is 5.04. The molecule has 5 heteroatoms. The number of benzene rings is 1. The highest BCUT2D eigenvalue weighted by Gasteiger charge is 2.15. The molecule has 0 fully saturated rings. The van der Waals surface area contributed by atoms with Gasteiger partial charge in [-0.1, -0.05) is 29.8 Å². The van der Waals surface area contributed by atoms with Gasteiger partial charge in [-0.3, -0.25) is 0 Å². The van der Waals surface area contributed by atoms with Gasteiger partial charge in [-0.2, -0.15) is 0 Å². The van der Waals surface area contributed by atoms with Gasteiger partial charge in [0.15, 0.2) is 11.0 Å². The summed E-state index contributed by atoms with van der Waals surface area (Å²) in [4.78, 5) is 2.12. The lowest BCUT2D eigenvalue weighted by atomic mass is 9.99. The molecule has 102 valence electrons. The van der Waals surface area contributed by atoms with Crippen LogP contribution in [0.3, 0.4) is 0 Å². The molecule has 1 aromatic heterocycles. The Kier molecular flexibility index (Phi) is 3.65. The topological polar surface area (TPSA) is 29.0 Å². The molecule has 0 saturated carbocycles. The molecule has 0 N–H and O–H groups in total. The Morgan fingerprint density at radius 1 is 1.15 bits per heavy atom. The molecule has 0 unspecified atom stereocenters. The van der Waals surface area contributed by atoms with Crippen LogP contribution >= 0.6 is 11.6 Å². The van der Waals surface area contributed by atoms with Crippen molar-refractivity contribution in [2.24, 2.45) is 0 Å². The summed E-state index contributed by atoms with van der Waals surface area (Å²) in [5.74, 6) is 0.610. The van der Waals surface area contributed by atoms with Gasteiger partial charge in [-0.15, -0.1) is 10.2 Å². The van der Waals surface area contributed by atoms with Crippen LogP contribution in [0.2, 0.25) is 5.15 Å². The summed E-state index contributed by atoms with van der Waals surface area (Å²) >= 11 is 5.73. The number of halogens is 2. The van der Waals surface area contributed by atoms with E-state index in [-0.39, 0.29) is 5.82 Å². The van der Waals surface area contributed by atoms with Crippen LogP contribution < -0.4 is 4.90 Å². The third-order valence-electron chi connectivity index (χ3n) is 3.35. The average Bonchev–Trinajstić information content (AvgIpc) is 2.48. The summed E-state index contributed by atoms with van der Waals surface area (Å²) in [7, 11) is 0. The van der Waals surface area contributed by atoms with Crippen molar-refractivity contribution < 1.29 is 4.39 Å². The van der Waals surface area contributed by atoms with Gasteiger partial charge in [-0.05, 0) is 41.8 Å². The lowest BCUT2D eigenvalue weighted by Gasteiger charge is -2.27. The van der Waals surface area contributed by atoms with Crippen LogP contribution in [0, 0.1) is 5.82 Å². The van der Waals surface area contributed by atoms with E-state index in [0.717, 1.165) is 30.9 Å². The highest BCUT2D eigenvalue weighted by Crippen LogP contribution is 2.25. The number of nitrogens with zero attached hydrogens (tertiary/aromatic N) is 3. The van der Waals surface area contributed by atoms with Crippen molar-refractivity contribution in [2.75, 3.05) is 18.0 Å². The fourth-order valence-electron chi connectivity index (χ4n) is 2.31. The van der Waals surface area contributed by atoms with Gasteiger partial charge in [0.25, 0.3) is 0 Å². The molecule has 1 aliphatic rings. The highest BCUT2D eigenvalue weighted by molar-refractivity contribution is 6.29. The monoisotopic (exact) mass is 289 g/mol. The minimum Gasteiger partial charge on any atom is -0.351 e. The second kappa shape index (κ2) is 5.59. The summed E-state index contributed by atoms with van der Waals surface area (Å²) in [5.41, 5.74) is 2.12. The van der Waals surface area contributed by atoms with Crippen molar-refractivity contribution in [2.45, 2.75) is 6.42 Å². The van der Waals surface area contributed by atoms with Crippen molar-refractivity contribution in [1.82, 2.24) is 10.2 Å². The average molecular weight is 290 g/mol. The zero-order valence-corrected chi connectivity index (χ0v) is 11.5. The summed E-state index contributed by atoms with van der Waals surface area (Å²) in [6.07, 6.45) is 2.96. The lowest BCUT2D eigenvalue weighted by Crippen LogP contribution is -2.29. The highest BCUT2D eigenvalue weighted by atomic mass is 35.5. The number of rotatable bonds is 2. The first-order valence-corrected chi connectivity index (χ1v) is 6.79. The zero-order chi connectivity index (χ0) is 13.9. The summed E-state index contributed by atoms with van der Waals surface area (Å²) < 4.78 is 13.2. The van der Waals surface area contributed by atoms with E-state index >= 15 is 0 Å². The molecule has 0 spiro atoms. The van der Waals surface area contributed by atoms with Gasteiger partial charge in [-0.25, -0.2) is 4.39 Å². The van der Waals surface area contributed by atoms with E-state index in [0.29, 0.717) is 5.15 Å². The van der Waals surface area contributed by atoms with E-state index in [1.807, 2.05) is 12.1 Å². The maximum Gasteiger partial charge on any atom is 0.151 e. The molecular weight excluding hydrogens is 277 g/mol. The number of hydrogen-bond donors (Lipinski definition) is 0. The third-order valence-corrected chi connectivity index (χ3v) is 3.55. The Hall–Kier alpha value is -1.94. The first-order chi connectivity index (χ1) is 9.72. The minimum atomic E-state index is -0.200. The Labute approximate surface area is 121 Å². The Bertz CT molecular complexity index is 640. The van der Waals surface area contributed by atoms with Crippen molar-refractivity contribution in [3.05, 3.63) is 59.0 Å². The summed E-state index contributed by atoms with van der Waals surface area (Å²) in [6, 6.07) is 10.3. The first kappa shape index (κ1) is 13.1. The molecule has 0 radical (unpaired) electrons. The van der Waals surface area contributed by atoms with Crippen LogP contribution in [0.15, 0.2) is 42.5 Å². The Morgan fingerprint density at radius 2 is 2.05 bits per heavy atom. The fraction of sp³-hybridized carbons (Fsp3) is 0.200. The largest absolute Gasteiger partial charge is 0.351 e. The predicted molar refractivity (Wildman–Crippen MR) is 78.2 cm³/mol. The van der Waals surface area contributed by atoms with Gasteiger partial charge in [0.2, 0.25) is 0 Å². The molecule has 1 aromatic carbocycles. The molecule has 2 aromatic rings. The maximum absolute atomic E-state index is 13.2. The van der Waals surface area contributed by atoms with Gasteiger partial charge < -0.3 is 4.90 Å². The zero-order valence-electron chi connectivity index (χ0n) is 10.8. The van der Waals surface area contributed by atoms with Crippen LogP contribution in [0.5, 0.6) is 0 Å². The van der Waals surface area contributed by atoms with Crippen molar-refractivity contribution >= 4 is 23.0 Å². The molecule has 0 aliphatic carbocycles. The minimum absolute atomic E-state index is 0.200. The molecule has 0 bridgehead atoms. The van der Waals surface area contributed by atoms with Crippen LogP contribution in [-0.2, 0) is 0 Å². The first-order valence-electron chi connectivity index (χ1n) is 6.41. The van der Waals surface area contributed by atoms with Gasteiger partial charge >= 0.3 is 0 Å². The lowest BCUT2D eigenvalue weighted by molar-refractivity contribution is 0.627. The van der Waals surface area contributed by atoms with E-state index in [9.17, 15) is 4.39 Å². The quantitative estimate of drug-likeness (QED) is 0.846. The van der Waals surface area contributed by atoms with E-state index in [2.05, 4.69) is 21.2 Å². The van der Waals surface area contributed by atoms with Crippen LogP contribution in [0.4, 0.5) is 10.2 Å². The summed E-state index contributed by atoms with van der Waals surface area (Å²) in [6.45, 7) is 1.57. The van der Waals surface area contributed by atoms with E-state index in [1.165, 1.54) is 11.6 Å². The standard InChI is InChI=1S/C15H13ClFN3/c16-14-4-5-15(19-18-14)20-8-6-11(7-9-20)12-2-1-3-13(17)10-12/h1-6,10H,7-9H2. The number of anilines is 1. The van der Waals surface area contributed by atoms with Crippen LogP contribution in [-0.4, -0.2) is 23.3 Å². The Morgan fingerprint density at radius 3 is 2.70 bits per heavy atom. The molecule has 3 rings (SSSR count). The molecule has 2 heterocycles. The van der Waals surface area contributed by atoms with Crippen molar-refractivity contribution in [3.63, 3.8) is 0 Å². The molecule has 20 heavy (non-hydrogen) atoms. The molecule has 0 saturated heterocycles. The van der Waals surface area contributed by atoms with E-state index in [4.69, 9.17) is 11.6 Å². The molecule has 1 aliphatic heterocycles. The summed E-state index contributed by atoms with van der Waals surface area (Å²) in [5, 5.41) is 8.31. The maximum atomic E-state index is 13.2. The number of hydrogen-bond acceptors (Lipinski definition) is 3. The molecule has 3 nitrogen and oxygen atoms in total. The normalized spacial score (nSPS) is 15.1. The SMILES string of the molecule is Fc1cccc(C2=CCN(c3ccc(Cl)nn3)CC2)c1. The van der Waals surface area contributed by atoms with Gasteiger partial charge in [0.05, 0.1) is 0 Å². The van der Waals surface area contributed by atoms with Crippen LogP contribution in [0.25, 0.3) is 5.57 Å². The Balaban J connectivity index is 1.76. The molecule has 0 atom stereocenters. The predicted octanol–water partition coefficient (Wildman–Crippen LogP) is 3.56. The second-order valence-electron chi connectivity index (χ2n) is 4.65.